The first-order chi connectivity index (χ1) is 13.5. The van der Waals surface area contributed by atoms with E-state index in [1.54, 1.807) is 0 Å². The number of aromatic nitrogens is 2. The molecule has 1 aromatic heterocycles. The molecule has 0 fully saturated rings. The highest BCUT2D eigenvalue weighted by Gasteiger charge is 2.07. The fourth-order valence-electron chi connectivity index (χ4n) is 3.06. The van der Waals surface area contributed by atoms with Crippen LogP contribution in [0.25, 0.3) is 0 Å². The van der Waals surface area contributed by atoms with Crippen molar-refractivity contribution in [3.63, 3.8) is 0 Å². The Morgan fingerprint density at radius 3 is 2.71 bits per heavy atom. The van der Waals surface area contributed by atoms with Crippen molar-refractivity contribution in [1.29, 1.82) is 0 Å². The molecule has 0 unspecified atom stereocenters. The molecular weight excluding hydrogens is 350 g/mol. The minimum atomic E-state index is -0.0648. The van der Waals surface area contributed by atoms with Crippen LogP contribution < -0.4 is 10.1 Å². The van der Waals surface area contributed by atoms with Gasteiger partial charge in [0, 0.05) is 24.8 Å². The van der Waals surface area contributed by atoms with Crippen molar-refractivity contribution in [2.75, 3.05) is 6.54 Å². The summed E-state index contributed by atoms with van der Waals surface area (Å²) < 4.78 is 7.82. The van der Waals surface area contributed by atoms with Crippen molar-refractivity contribution in [1.82, 2.24) is 15.1 Å². The van der Waals surface area contributed by atoms with Crippen molar-refractivity contribution in [3.05, 3.63) is 82.7 Å². The van der Waals surface area contributed by atoms with E-state index in [4.69, 9.17) is 4.74 Å². The maximum Gasteiger partial charge on any atom is 0.251 e. The number of nitrogens with one attached hydrogen (secondary N) is 1. The molecule has 1 N–H and O–H groups in total. The van der Waals surface area contributed by atoms with Crippen LogP contribution in [0.1, 0.15) is 39.2 Å². The van der Waals surface area contributed by atoms with Gasteiger partial charge in [0.2, 0.25) is 0 Å². The van der Waals surface area contributed by atoms with E-state index in [1.807, 2.05) is 67.2 Å². The first-order valence-corrected chi connectivity index (χ1v) is 9.58. The molecule has 28 heavy (non-hydrogen) atoms. The van der Waals surface area contributed by atoms with Gasteiger partial charge in [-0.2, -0.15) is 5.10 Å². The summed E-state index contributed by atoms with van der Waals surface area (Å²) >= 11 is 0. The van der Waals surface area contributed by atoms with E-state index < -0.39 is 0 Å². The second-order valence-electron chi connectivity index (χ2n) is 7.09. The van der Waals surface area contributed by atoms with Crippen molar-refractivity contribution in [3.8, 4) is 5.75 Å². The molecule has 0 aliphatic rings. The molecule has 146 valence electrons. The summed E-state index contributed by atoms with van der Waals surface area (Å²) in [6, 6.07) is 15.7. The van der Waals surface area contributed by atoms with Crippen LogP contribution in [0.3, 0.4) is 0 Å². The number of benzene rings is 2. The number of nitrogens with zero attached hydrogens (tertiary/aromatic N) is 2. The molecule has 3 aromatic rings. The zero-order chi connectivity index (χ0) is 19.9. The van der Waals surface area contributed by atoms with Gasteiger partial charge >= 0.3 is 0 Å². The summed E-state index contributed by atoms with van der Waals surface area (Å²) in [6.45, 7) is 7.91. The summed E-state index contributed by atoms with van der Waals surface area (Å²) in [5, 5.41) is 7.32. The van der Waals surface area contributed by atoms with E-state index in [-0.39, 0.29) is 5.91 Å². The van der Waals surface area contributed by atoms with Crippen LogP contribution in [0.2, 0.25) is 0 Å². The summed E-state index contributed by atoms with van der Waals surface area (Å²) in [7, 11) is 0. The predicted molar refractivity (Wildman–Crippen MR) is 111 cm³/mol. The van der Waals surface area contributed by atoms with Gasteiger partial charge in [-0.3, -0.25) is 9.48 Å². The molecule has 0 saturated heterocycles. The summed E-state index contributed by atoms with van der Waals surface area (Å²) in [5.41, 5.74) is 4.95. The maximum absolute atomic E-state index is 12.4. The number of aryl methyl sites for hydroxylation is 4. The van der Waals surface area contributed by atoms with Crippen molar-refractivity contribution in [2.45, 2.75) is 40.3 Å². The van der Waals surface area contributed by atoms with Gasteiger partial charge in [0.05, 0.1) is 5.69 Å². The molecule has 5 heteroatoms. The van der Waals surface area contributed by atoms with Gasteiger partial charge < -0.3 is 10.1 Å². The van der Waals surface area contributed by atoms with Crippen LogP contribution >= 0.6 is 0 Å². The fourth-order valence-corrected chi connectivity index (χ4v) is 3.06. The smallest absolute Gasteiger partial charge is 0.251 e. The lowest BCUT2D eigenvalue weighted by Gasteiger charge is -2.11. The van der Waals surface area contributed by atoms with E-state index in [2.05, 4.69) is 23.4 Å². The van der Waals surface area contributed by atoms with Gasteiger partial charge in [0.1, 0.15) is 12.4 Å². The Balaban J connectivity index is 1.49. The molecule has 2 aromatic carbocycles. The van der Waals surface area contributed by atoms with Crippen LogP contribution in [0.15, 0.2) is 54.7 Å². The molecule has 0 saturated carbocycles. The Kier molecular flexibility index (Phi) is 6.48. The highest BCUT2D eigenvalue weighted by molar-refractivity contribution is 5.94. The third-order valence-corrected chi connectivity index (χ3v) is 4.54. The number of carbonyl (C=O) groups excluding carboxylic acids is 1. The number of amides is 1. The van der Waals surface area contributed by atoms with E-state index in [9.17, 15) is 4.79 Å². The third-order valence-electron chi connectivity index (χ3n) is 4.54. The molecule has 0 spiro atoms. The fraction of sp³-hybridized carbons (Fsp3) is 0.304. The quantitative estimate of drug-likeness (QED) is 0.599. The van der Waals surface area contributed by atoms with Gasteiger partial charge in [0.15, 0.2) is 0 Å². The highest BCUT2D eigenvalue weighted by Crippen LogP contribution is 2.20. The van der Waals surface area contributed by atoms with Crippen LogP contribution in [-0.4, -0.2) is 22.2 Å². The molecule has 0 aliphatic heterocycles. The summed E-state index contributed by atoms with van der Waals surface area (Å²) in [6.07, 6.45) is 2.79. The van der Waals surface area contributed by atoms with E-state index in [0.717, 1.165) is 35.5 Å². The molecule has 0 aliphatic carbocycles. The Labute approximate surface area is 166 Å². The Hall–Kier alpha value is -3.08. The van der Waals surface area contributed by atoms with E-state index in [0.29, 0.717) is 18.7 Å². The van der Waals surface area contributed by atoms with E-state index >= 15 is 0 Å². The standard InChI is InChI=1S/C23H27N3O2/c1-17-8-9-22(18(2)14-17)28-16-20-6-4-7-21(15-20)23(27)24-11-5-12-26-13-10-19(3)25-26/h4,6-10,13-15H,5,11-12,16H2,1-3H3,(H,24,27). The number of hydrogen-bond acceptors (Lipinski definition) is 3. The monoisotopic (exact) mass is 377 g/mol. The van der Waals surface area contributed by atoms with Gasteiger partial charge in [-0.25, -0.2) is 0 Å². The average molecular weight is 377 g/mol. The molecule has 1 amide bonds. The lowest BCUT2D eigenvalue weighted by molar-refractivity contribution is 0.0952. The first kappa shape index (κ1) is 19.7. The lowest BCUT2D eigenvalue weighted by Crippen LogP contribution is -2.25. The number of hydrogen-bond donors (Lipinski definition) is 1. The minimum Gasteiger partial charge on any atom is -0.489 e. The zero-order valence-corrected chi connectivity index (χ0v) is 16.7. The van der Waals surface area contributed by atoms with Crippen molar-refractivity contribution < 1.29 is 9.53 Å². The molecule has 5 nitrogen and oxygen atoms in total. The second kappa shape index (κ2) is 9.22. The van der Waals surface area contributed by atoms with Gasteiger partial charge in [0.25, 0.3) is 5.91 Å². The lowest BCUT2D eigenvalue weighted by atomic mass is 10.1. The second-order valence-corrected chi connectivity index (χ2v) is 7.09. The van der Waals surface area contributed by atoms with Gasteiger partial charge in [-0.1, -0.05) is 29.8 Å². The largest absolute Gasteiger partial charge is 0.489 e. The van der Waals surface area contributed by atoms with Crippen molar-refractivity contribution >= 4 is 5.91 Å². The topological polar surface area (TPSA) is 56.1 Å². The average Bonchev–Trinajstić information content (AvgIpc) is 3.10. The third kappa shape index (κ3) is 5.46. The first-order valence-electron chi connectivity index (χ1n) is 9.58. The Morgan fingerprint density at radius 1 is 1.11 bits per heavy atom. The molecule has 0 radical (unpaired) electrons. The zero-order valence-electron chi connectivity index (χ0n) is 16.7. The molecule has 1 heterocycles. The molecule has 0 atom stereocenters. The molecule has 3 rings (SSSR count). The molecule has 0 bridgehead atoms. The van der Waals surface area contributed by atoms with Crippen LogP contribution in [0.5, 0.6) is 5.75 Å². The van der Waals surface area contributed by atoms with Gasteiger partial charge in [-0.15, -0.1) is 0 Å². The Bertz CT molecular complexity index is 947. The predicted octanol–water partition coefficient (Wildman–Crippen LogP) is 4.21. The molecular formula is C23H27N3O2. The van der Waals surface area contributed by atoms with Gasteiger partial charge in [-0.05, 0) is 62.6 Å². The number of carbonyl (C=O) groups is 1. The van der Waals surface area contributed by atoms with Crippen LogP contribution in [0, 0.1) is 20.8 Å². The Morgan fingerprint density at radius 2 is 1.96 bits per heavy atom. The summed E-state index contributed by atoms with van der Waals surface area (Å²) in [4.78, 5) is 12.4. The number of ether oxygens (including phenoxy) is 1. The number of rotatable bonds is 8. The van der Waals surface area contributed by atoms with Crippen LogP contribution in [0.4, 0.5) is 0 Å². The van der Waals surface area contributed by atoms with E-state index in [1.165, 1.54) is 5.56 Å². The maximum atomic E-state index is 12.4. The van der Waals surface area contributed by atoms with Crippen LogP contribution in [-0.2, 0) is 13.2 Å². The summed E-state index contributed by atoms with van der Waals surface area (Å²) in [5.74, 6) is 0.805. The minimum absolute atomic E-state index is 0.0648. The SMILES string of the molecule is Cc1ccc(OCc2cccc(C(=O)NCCCn3ccc(C)n3)c2)c(C)c1. The normalized spacial score (nSPS) is 10.7. The highest BCUT2D eigenvalue weighted by atomic mass is 16.5. The van der Waals surface area contributed by atoms with Crippen molar-refractivity contribution in [2.24, 2.45) is 0 Å².